The third-order valence-corrected chi connectivity index (χ3v) is 4.04. The summed E-state index contributed by atoms with van der Waals surface area (Å²) in [7, 11) is 0. The van der Waals surface area contributed by atoms with Crippen molar-refractivity contribution in [1.29, 1.82) is 0 Å². The molecule has 0 spiro atoms. The number of rotatable bonds is 3. The number of thioether (sulfide) groups is 1. The maximum Gasteiger partial charge on any atom is 0.253 e. The Bertz CT molecular complexity index is 770. The van der Waals surface area contributed by atoms with Crippen LogP contribution in [0.25, 0.3) is 21.5 Å². The molecular formula is C15H11NO2S. The normalized spacial score (nSPS) is 10.9. The molecule has 0 atom stereocenters. The Hall–Kier alpha value is -2.07. The van der Waals surface area contributed by atoms with Crippen LogP contribution < -0.4 is 0 Å². The fraction of sp³-hybridized carbons (Fsp3) is 0.0667. The highest BCUT2D eigenvalue weighted by molar-refractivity contribution is 7.99. The molecule has 0 radical (unpaired) electrons. The smallest absolute Gasteiger partial charge is 0.253 e. The zero-order valence-corrected chi connectivity index (χ0v) is 10.9. The lowest BCUT2D eigenvalue weighted by Crippen LogP contribution is -1.95. The molecule has 0 unspecified atom stereocenters. The highest BCUT2D eigenvalue weighted by Gasteiger charge is 2.08. The van der Waals surface area contributed by atoms with Gasteiger partial charge < -0.3 is 0 Å². The van der Waals surface area contributed by atoms with Crippen LogP contribution >= 0.6 is 11.8 Å². The Labute approximate surface area is 114 Å². The minimum Gasteiger partial charge on any atom is -0.264 e. The summed E-state index contributed by atoms with van der Waals surface area (Å²) < 4.78 is 0. The highest BCUT2D eigenvalue weighted by atomic mass is 32.2. The fourth-order valence-corrected chi connectivity index (χ4v) is 3.05. The molecule has 0 saturated heterocycles. The van der Waals surface area contributed by atoms with Gasteiger partial charge in [-0.1, -0.05) is 48.5 Å². The Kier molecular flexibility index (Phi) is 3.09. The summed E-state index contributed by atoms with van der Waals surface area (Å²) >= 11 is 1.27. The molecule has 0 aliphatic carbocycles. The summed E-state index contributed by atoms with van der Waals surface area (Å²) in [6.07, 6.45) is 0. The second kappa shape index (κ2) is 4.90. The minimum atomic E-state index is -0.297. The van der Waals surface area contributed by atoms with Crippen LogP contribution in [0.4, 0.5) is 0 Å². The van der Waals surface area contributed by atoms with E-state index in [-0.39, 0.29) is 10.8 Å². The van der Waals surface area contributed by atoms with Crippen molar-refractivity contribution in [3.05, 3.63) is 64.7 Å². The van der Waals surface area contributed by atoms with Crippen LogP contribution in [0.5, 0.6) is 0 Å². The summed E-state index contributed by atoms with van der Waals surface area (Å²) in [4.78, 5) is 11.2. The van der Waals surface area contributed by atoms with Gasteiger partial charge in [0.05, 0.1) is 0 Å². The van der Waals surface area contributed by atoms with Gasteiger partial charge in [-0.05, 0) is 39.4 Å². The lowest BCUT2D eigenvalue weighted by atomic mass is 10.0. The second-order valence-corrected chi connectivity index (χ2v) is 5.23. The average molecular weight is 269 g/mol. The van der Waals surface area contributed by atoms with Gasteiger partial charge >= 0.3 is 0 Å². The molecule has 3 aromatic carbocycles. The second-order valence-electron chi connectivity index (χ2n) is 4.25. The first kappa shape index (κ1) is 12.0. The SMILES string of the molecule is O=[N+]([O-])CSc1cc2ccccc2c2ccccc12. The molecule has 19 heavy (non-hydrogen) atoms. The van der Waals surface area contributed by atoms with Gasteiger partial charge in [-0.3, -0.25) is 10.1 Å². The van der Waals surface area contributed by atoms with Gasteiger partial charge in [-0.2, -0.15) is 0 Å². The molecule has 0 aliphatic rings. The van der Waals surface area contributed by atoms with Gasteiger partial charge in [0.15, 0.2) is 0 Å². The highest BCUT2D eigenvalue weighted by Crippen LogP contribution is 2.34. The van der Waals surface area contributed by atoms with Crippen molar-refractivity contribution in [1.82, 2.24) is 0 Å². The van der Waals surface area contributed by atoms with Crippen molar-refractivity contribution in [2.75, 3.05) is 5.88 Å². The quantitative estimate of drug-likeness (QED) is 0.234. The molecule has 0 aliphatic heterocycles. The molecule has 94 valence electrons. The molecular weight excluding hydrogens is 258 g/mol. The summed E-state index contributed by atoms with van der Waals surface area (Å²) in [5, 5.41) is 15.1. The molecule has 0 bridgehead atoms. The Balaban J connectivity index is 2.26. The van der Waals surface area contributed by atoms with E-state index in [1.165, 1.54) is 17.1 Å². The van der Waals surface area contributed by atoms with Crippen LogP contribution in [-0.2, 0) is 0 Å². The topological polar surface area (TPSA) is 43.1 Å². The predicted molar refractivity (Wildman–Crippen MR) is 79.2 cm³/mol. The van der Waals surface area contributed by atoms with Gasteiger partial charge in [0, 0.05) is 9.82 Å². The molecule has 3 rings (SSSR count). The number of fused-ring (bicyclic) bond motifs is 3. The van der Waals surface area contributed by atoms with E-state index in [0.29, 0.717) is 0 Å². The molecule has 0 aromatic heterocycles. The van der Waals surface area contributed by atoms with Crippen LogP contribution in [0.1, 0.15) is 0 Å². The van der Waals surface area contributed by atoms with Gasteiger partial charge in [-0.15, -0.1) is 0 Å². The molecule has 3 nitrogen and oxygen atoms in total. The van der Waals surface area contributed by atoms with Crippen LogP contribution in [-0.4, -0.2) is 10.8 Å². The molecule has 0 N–H and O–H groups in total. The van der Waals surface area contributed by atoms with Gasteiger partial charge in [0.2, 0.25) is 0 Å². The van der Waals surface area contributed by atoms with Gasteiger partial charge in [0.1, 0.15) is 0 Å². The Morgan fingerprint density at radius 1 is 0.947 bits per heavy atom. The fourth-order valence-electron chi connectivity index (χ4n) is 2.26. The van der Waals surface area contributed by atoms with Crippen LogP contribution in [0, 0.1) is 10.1 Å². The predicted octanol–water partition coefficient (Wildman–Crippen LogP) is 4.32. The maximum absolute atomic E-state index is 10.6. The number of hydrogen-bond donors (Lipinski definition) is 0. The number of hydrogen-bond acceptors (Lipinski definition) is 3. The first-order valence-corrected chi connectivity index (χ1v) is 6.89. The average Bonchev–Trinajstić information content (AvgIpc) is 2.44. The molecule has 3 aromatic rings. The van der Waals surface area contributed by atoms with Crippen molar-refractivity contribution in [2.24, 2.45) is 0 Å². The zero-order chi connectivity index (χ0) is 13.2. The summed E-state index contributed by atoms with van der Waals surface area (Å²) in [5.41, 5.74) is 0. The van der Waals surface area contributed by atoms with Crippen LogP contribution in [0.2, 0.25) is 0 Å². The van der Waals surface area contributed by atoms with Crippen molar-refractivity contribution < 1.29 is 4.92 Å². The summed E-state index contributed by atoms with van der Waals surface area (Å²) in [5.74, 6) is -0.109. The van der Waals surface area contributed by atoms with Crippen LogP contribution in [0.3, 0.4) is 0 Å². The number of benzene rings is 3. The lowest BCUT2D eigenvalue weighted by molar-refractivity contribution is -0.456. The first-order valence-electron chi connectivity index (χ1n) is 5.91. The monoisotopic (exact) mass is 269 g/mol. The van der Waals surface area contributed by atoms with Crippen molar-refractivity contribution in [3.63, 3.8) is 0 Å². The van der Waals surface area contributed by atoms with E-state index in [1.807, 2.05) is 42.5 Å². The third kappa shape index (κ3) is 2.27. The van der Waals surface area contributed by atoms with E-state index < -0.39 is 0 Å². The maximum atomic E-state index is 10.6. The summed E-state index contributed by atoms with van der Waals surface area (Å²) in [6, 6.07) is 18.2. The summed E-state index contributed by atoms with van der Waals surface area (Å²) in [6.45, 7) is 0. The third-order valence-electron chi connectivity index (χ3n) is 3.06. The van der Waals surface area contributed by atoms with Crippen molar-refractivity contribution >= 4 is 33.3 Å². The molecule has 0 heterocycles. The standard InChI is InChI=1S/C15H11NO2S/c17-16(18)10-19-15-9-11-5-1-2-6-12(11)13-7-3-4-8-14(13)15/h1-9H,10H2. The van der Waals surface area contributed by atoms with Crippen LogP contribution in [0.15, 0.2) is 59.5 Å². The largest absolute Gasteiger partial charge is 0.264 e. The van der Waals surface area contributed by atoms with E-state index >= 15 is 0 Å². The Morgan fingerprint density at radius 2 is 1.58 bits per heavy atom. The van der Waals surface area contributed by atoms with Crippen molar-refractivity contribution in [2.45, 2.75) is 4.90 Å². The first-order chi connectivity index (χ1) is 9.25. The van der Waals surface area contributed by atoms with Gasteiger partial charge in [-0.25, -0.2) is 0 Å². The molecule has 4 heteroatoms. The number of nitrogens with zero attached hydrogens (tertiary/aromatic N) is 1. The van der Waals surface area contributed by atoms with E-state index in [9.17, 15) is 10.1 Å². The zero-order valence-electron chi connectivity index (χ0n) is 10.1. The van der Waals surface area contributed by atoms with Gasteiger partial charge in [0.25, 0.3) is 5.88 Å². The van der Waals surface area contributed by atoms with E-state index in [0.717, 1.165) is 21.1 Å². The van der Waals surface area contributed by atoms with E-state index in [1.54, 1.807) is 0 Å². The lowest BCUT2D eigenvalue weighted by Gasteiger charge is -2.08. The number of nitro groups is 1. The van der Waals surface area contributed by atoms with E-state index in [2.05, 4.69) is 12.1 Å². The molecule has 0 fully saturated rings. The molecule has 0 saturated carbocycles. The molecule has 0 amide bonds. The minimum absolute atomic E-state index is 0.109. The Morgan fingerprint density at radius 3 is 2.32 bits per heavy atom. The van der Waals surface area contributed by atoms with E-state index in [4.69, 9.17) is 0 Å². The van der Waals surface area contributed by atoms with Crippen molar-refractivity contribution in [3.8, 4) is 0 Å².